The van der Waals surface area contributed by atoms with E-state index in [0.717, 1.165) is 0 Å². The molecule has 0 saturated carbocycles. The third kappa shape index (κ3) is 2.91. The Kier molecular flexibility index (Phi) is 3.15. The van der Waals surface area contributed by atoms with Crippen molar-refractivity contribution in [3.8, 4) is 5.75 Å². The zero-order valence-electron chi connectivity index (χ0n) is 8.79. The van der Waals surface area contributed by atoms with Gasteiger partial charge in [-0.25, -0.2) is 10.4 Å². The van der Waals surface area contributed by atoms with Gasteiger partial charge in [-0.05, 0) is 12.1 Å². The van der Waals surface area contributed by atoms with E-state index < -0.39 is 0 Å². The van der Waals surface area contributed by atoms with Crippen LogP contribution in [0.25, 0.3) is 0 Å². The van der Waals surface area contributed by atoms with E-state index in [2.05, 4.69) is 20.5 Å². The van der Waals surface area contributed by atoms with Crippen molar-refractivity contribution in [3.63, 3.8) is 0 Å². The van der Waals surface area contributed by atoms with Crippen LogP contribution >= 0.6 is 0 Å². The van der Waals surface area contributed by atoms with E-state index in [9.17, 15) is 9.90 Å². The van der Waals surface area contributed by atoms with Gasteiger partial charge in [0.05, 0.1) is 6.21 Å². The summed E-state index contributed by atoms with van der Waals surface area (Å²) in [7, 11) is 0. The summed E-state index contributed by atoms with van der Waals surface area (Å²) in [6.07, 6.45) is 2.80. The van der Waals surface area contributed by atoms with Crippen molar-refractivity contribution in [2.75, 3.05) is 5.43 Å². The number of nitrogens with one attached hydrogen (secondary N) is 2. The summed E-state index contributed by atoms with van der Waals surface area (Å²) in [4.78, 5) is 17.3. The zero-order valence-corrected chi connectivity index (χ0v) is 8.79. The summed E-state index contributed by atoms with van der Waals surface area (Å²) >= 11 is 0. The van der Waals surface area contributed by atoms with Crippen LogP contribution in [0.3, 0.4) is 0 Å². The zero-order chi connectivity index (χ0) is 12.1. The second-order valence-electron chi connectivity index (χ2n) is 3.21. The van der Waals surface area contributed by atoms with E-state index in [1.165, 1.54) is 18.5 Å². The van der Waals surface area contributed by atoms with Gasteiger partial charge >= 0.3 is 0 Å². The van der Waals surface area contributed by atoms with E-state index in [4.69, 9.17) is 0 Å². The summed E-state index contributed by atoms with van der Waals surface area (Å²) < 4.78 is 0. The molecule has 0 radical (unpaired) electrons. The first kappa shape index (κ1) is 10.9. The van der Waals surface area contributed by atoms with Crippen molar-refractivity contribution >= 4 is 12.2 Å². The van der Waals surface area contributed by atoms with Crippen LogP contribution in [-0.2, 0) is 0 Å². The normalized spacial score (nSPS) is 10.6. The Hall–Kier alpha value is -2.63. The highest BCUT2D eigenvalue weighted by atomic mass is 16.3. The molecule has 1 aromatic heterocycles. The minimum absolute atomic E-state index is 0.132. The number of H-pyrrole nitrogens is 1. The average Bonchev–Trinajstić information content (AvgIpc) is 2.32. The third-order valence-electron chi connectivity index (χ3n) is 1.98. The number of hydrazone groups is 1. The number of nitrogens with zero attached hydrogens (tertiary/aromatic N) is 2. The Balaban J connectivity index is 2.08. The lowest BCUT2D eigenvalue weighted by atomic mass is 10.2. The number of aromatic amines is 1. The number of aromatic hydroxyl groups is 1. The second-order valence-corrected chi connectivity index (χ2v) is 3.21. The Morgan fingerprint density at radius 3 is 2.94 bits per heavy atom. The minimum Gasteiger partial charge on any atom is -0.507 e. The molecule has 0 saturated heterocycles. The molecule has 0 unspecified atom stereocenters. The van der Waals surface area contributed by atoms with Crippen molar-refractivity contribution in [2.24, 2.45) is 5.10 Å². The number of benzene rings is 1. The van der Waals surface area contributed by atoms with E-state index in [0.29, 0.717) is 5.56 Å². The van der Waals surface area contributed by atoms with Crippen LogP contribution in [0.15, 0.2) is 46.4 Å². The number of rotatable bonds is 3. The van der Waals surface area contributed by atoms with Crippen LogP contribution < -0.4 is 11.0 Å². The van der Waals surface area contributed by atoms with Crippen molar-refractivity contribution in [2.45, 2.75) is 0 Å². The predicted molar refractivity (Wildman–Crippen MR) is 64.2 cm³/mol. The molecule has 3 N–H and O–H groups in total. The lowest BCUT2D eigenvalue weighted by Crippen LogP contribution is -2.07. The van der Waals surface area contributed by atoms with Gasteiger partial charge in [-0.2, -0.15) is 5.10 Å². The highest BCUT2D eigenvalue weighted by molar-refractivity contribution is 5.83. The molecule has 86 valence electrons. The van der Waals surface area contributed by atoms with Gasteiger partial charge in [0.25, 0.3) is 5.56 Å². The molecule has 0 spiro atoms. The predicted octanol–water partition coefficient (Wildman–Crippen LogP) is 0.921. The molecular weight excluding hydrogens is 220 g/mol. The minimum atomic E-state index is -0.264. The smallest absolute Gasteiger partial charge is 0.252 e. The molecule has 0 fully saturated rings. The Labute approximate surface area is 96.7 Å². The van der Waals surface area contributed by atoms with Crippen LogP contribution in [0.5, 0.6) is 5.75 Å². The highest BCUT2D eigenvalue weighted by Crippen LogP contribution is 2.12. The molecule has 0 atom stereocenters. The number of anilines is 1. The molecule has 6 heteroatoms. The van der Waals surface area contributed by atoms with Crippen LogP contribution in [0.1, 0.15) is 5.56 Å². The van der Waals surface area contributed by atoms with Crippen LogP contribution in [-0.4, -0.2) is 21.3 Å². The molecular formula is C11H10N4O2. The standard InChI is InChI=1S/C11H10N4O2/c16-9-4-2-1-3-8(9)7-13-15-11-12-6-5-10(17)14-11/h1-7,16H,(H2,12,14,15,17). The third-order valence-corrected chi connectivity index (χ3v) is 1.98. The maximum absolute atomic E-state index is 11.0. The lowest BCUT2D eigenvalue weighted by Gasteiger charge is -1.98. The molecule has 2 rings (SSSR count). The molecule has 1 aromatic carbocycles. The van der Waals surface area contributed by atoms with Crippen molar-refractivity contribution < 1.29 is 5.11 Å². The summed E-state index contributed by atoms with van der Waals surface area (Å²) in [6, 6.07) is 8.07. The lowest BCUT2D eigenvalue weighted by molar-refractivity contribution is 0.474. The van der Waals surface area contributed by atoms with Gasteiger partial charge < -0.3 is 5.11 Å². The molecule has 0 amide bonds. The number of phenols is 1. The molecule has 0 aliphatic rings. The first-order chi connectivity index (χ1) is 8.25. The van der Waals surface area contributed by atoms with Gasteiger partial charge in [0.2, 0.25) is 5.95 Å². The summed E-state index contributed by atoms with van der Waals surface area (Å²) in [5.41, 5.74) is 2.86. The monoisotopic (exact) mass is 230 g/mol. The van der Waals surface area contributed by atoms with Gasteiger partial charge in [0.15, 0.2) is 0 Å². The highest BCUT2D eigenvalue weighted by Gasteiger charge is 1.95. The van der Waals surface area contributed by atoms with E-state index in [-0.39, 0.29) is 17.3 Å². The van der Waals surface area contributed by atoms with Gasteiger partial charge in [-0.3, -0.25) is 9.78 Å². The van der Waals surface area contributed by atoms with E-state index >= 15 is 0 Å². The Bertz CT molecular complexity index is 592. The summed E-state index contributed by atoms with van der Waals surface area (Å²) in [6.45, 7) is 0. The molecule has 1 heterocycles. The maximum Gasteiger partial charge on any atom is 0.252 e. The summed E-state index contributed by atoms with van der Waals surface area (Å²) in [5.74, 6) is 0.372. The topological polar surface area (TPSA) is 90.4 Å². The van der Waals surface area contributed by atoms with Gasteiger partial charge in [-0.1, -0.05) is 12.1 Å². The first-order valence-corrected chi connectivity index (χ1v) is 4.88. The molecule has 0 bridgehead atoms. The van der Waals surface area contributed by atoms with Crippen LogP contribution in [0.4, 0.5) is 5.95 Å². The first-order valence-electron chi connectivity index (χ1n) is 4.88. The van der Waals surface area contributed by atoms with Gasteiger partial charge in [0, 0.05) is 17.8 Å². The average molecular weight is 230 g/mol. The molecule has 17 heavy (non-hydrogen) atoms. The summed E-state index contributed by atoms with van der Waals surface area (Å²) in [5, 5.41) is 13.3. The molecule has 0 aliphatic heterocycles. The number of aromatic nitrogens is 2. The largest absolute Gasteiger partial charge is 0.507 e. The van der Waals surface area contributed by atoms with Gasteiger partial charge in [-0.15, -0.1) is 0 Å². The number of hydrogen-bond acceptors (Lipinski definition) is 5. The fourth-order valence-electron chi connectivity index (χ4n) is 1.19. The van der Waals surface area contributed by atoms with Gasteiger partial charge in [0.1, 0.15) is 5.75 Å². The fourth-order valence-corrected chi connectivity index (χ4v) is 1.19. The SMILES string of the molecule is O=c1ccnc(NN=Cc2ccccc2O)[nH]1. The van der Waals surface area contributed by atoms with Crippen LogP contribution in [0, 0.1) is 0 Å². The van der Waals surface area contributed by atoms with E-state index in [1.54, 1.807) is 24.3 Å². The van der Waals surface area contributed by atoms with E-state index in [1.807, 2.05) is 0 Å². The Morgan fingerprint density at radius 1 is 1.35 bits per heavy atom. The number of hydrogen-bond donors (Lipinski definition) is 3. The Morgan fingerprint density at radius 2 is 2.18 bits per heavy atom. The van der Waals surface area contributed by atoms with Crippen LogP contribution in [0.2, 0.25) is 0 Å². The quantitative estimate of drug-likeness (QED) is 0.540. The van der Waals surface area contributed by atoms with Crippen molar-refractivity contribution in [3.05, 3.63) is 52.4 Å². The number of para-hydroxylation sites is 1. The molecule has 6 nitrogen and oxygen atoms in total. The molecule has 0 aliphatic carbocycles. The maximum atomic E-state index is 11.0. The second kappa shape index (κ2) is 4.93. The van der Waals surface area contributed by atoms with Crippen molar-refractivity contribution in [1.29, 1.82) is 0 Å². The van der Waals surface area contributed by atoms with Crippen molar-refractivity contribution in [1.82, 2.24) is 9.97 Å². The molecule has 2 aromatic rings. The fraction of sp³-hybridized carbons (Fsp3) is 0. The number of phenolic OH excluding ortho intramolecular Hbond substituents is 1.